The van der Waals surface area contributed by atoms with Crippen molar-refractivity contribution in [3.05, 3.63) is 87.9 Å². The molecule has 9 heteroatoms. The standard InChI is InChI=1S/C26H26FN3O4S/c1-16(2)14-28-25(32)22-23(34-26(33)30(22)15-17-8-10-19(27)11-9-17)18-5-3-6-20(13-18)29-24(31)21-7-4-12-35-21/h3-13,16,22-23H,14-15H2,1-2H3,(H,28,32)(H,29,31). The molecule has 2 unspecified atom stereocenters. The van der Waals surface area contributed by atoms with Crippen molar-refractivity contribution in [1.82, 2.24) is 10.2 Å². The van der Waals surface area contributed by atoms with Gasteiger partial charge in [0.25, 0.3) is 5.91 Å². The molecule has 0 aliphatic carbocycles. The largest absolute Gasteiger partial charge is 0.438 e. The quantitative estimate of drug-likeness (QED) is 0.462. The lowest BCUT2D eigenvalue weighted by Crippen LogP contribution is -2.47. The zero-order valence-electron chi connectivity index (χ0n) is 19.4. The molecule has 182 valence electrons. The van der Waals surface area contributed by atoms with E-state index in [9.17, 15) is 18.8 Å². The van der Waals surface area contributed by atoms with Crippen LogP contribution in [0.15, 0.2) is 66.0 Å². The average molecular weight is 496 g/mol. The van der Waals surface area contributed by atoms with Crippen molar-refractivity contribution in [3.63, 3.8) is 0 Å². The Bertz CT molecular complexity index is 1200. The van der Waals surface area contributed by atoms with Crippen molar-refractivity contribution in [2.24, 2.45) is 5.92 Å². The Hall–Kier alpha value is -3.72. The van der Waals surface area contributed by atoms with Gasteiger partial charge in [0, 0.05) is 12.2 Å². The molecule has 0 saturated carbocycles. The van der Waals surface area contributed by atoms with Crippen LogP contribution in [0.2, 0.25) is 0 Å². The highest BCUT2D eigenvalue weighted by Crippen LogP contribution is 2.35. The zero-order valence-corrected chi connectivity index (χ0v) is 20.2. The van der Waals surface area contributed by atoms with Gasteiger partial charge in [-0.05, 0) is 52.8 Å². The van der Waals surface area contributed by atoms with Crippen molar-refractivity contribution in [3.8, 4) is 0 Å². The van der Waals surface area contributed by atoms with Gasteiger partial charge in [0.1, 0.15) is 5.82 Å². The monoisotopic (exact) mass is 495 g/mol. The van der Waals surface area contributed by atoms with E-state index in [1.54, 1.807) is 48.5 Å². The number of carbonyl (C=O) groups excluding carboxylic acids is 3. The van der Waals surface area contributed by atoms with Crippen LogP contribution in [-0.2, 0) is 16.1 Å². The van der Waals surface area contributed by atoms with Crippen LogP contribution in [0.1, 0.15) is 40.8 Å². The van der Waals surface area contributed by atoms with Gasteiger partial charge in [-0.15, -0.1) is 11.3 Å². The Balaban J connectivity index is 1.60. The third kappa shape index (κ3) is 5.86. The molecular formula is C26H26FN3O4S. The molecule has 0 radical (unpaired) electrons. The molecule has 35 heavy (non-hydrogen) atoms. The summed E-state index contributed by atoms with van der Waals surface area (Å²) in [5.74, 6) is -0.755. The van der Waals surface area contributed by atoms with Crippen LogP contribution in [0, 0.1) is 11.7 Å². The van der Waals surface area contributed by atoms with Crippen molar-refractivity contribution < 1.29 is 23.5 Å². The summed E-state index contributed by atoms with van der Waals surface area (Å²) < 4.78 is 19.0. The second-order valence-electron chi connectivity index (χ2n) is 8.70. The lowest BCUT2D eigenvalue weighted by molar-refractivity contribution is -0.126. The van der Waals surface area contributed by atoms with Crippen molar-refractivity contribution in [2.75, 3.05) is 11.9 Å². The molecule has 2 heterocycles. The predicted octanol–water partition coefficient (Wildman–Crippen LogP) is 4.97. The number of ether oxygens (including phenoxy) is 1. The Morgan fingerprint density at radius 3 is 2.57 bits per heavy atom. The minimum Gasteiger partial charge on any atom is -0.438 e. The van der Waals surface area contributed by atoms with E-state index in [1.807, 2.05) is 19.2 Å². The van der Waals surface area contributed by atoms with E-state index in [0.717, 1.165) is 0 Å². The van der Waals surface area contributed by atoms with E-state index < -0.39 is 18.2 Å². The second-order valence-corrected chi connectivity index (χ2v) is 9.65. The molecule has 1 fully saturated rings. The molecule has 1 saturated heterocycles. The molecule has 1 aromatic heterocycles. The first kappa shape index (κ1) is 24.4. The summed E-state index contributed by atoms with van der Waals surface area (Å²) in [6.45, 7) is 4.48. The fraction of sp³-hybridized carbons (Fsp3) is 0.269. The van der Waals surface area contributed by atoms with Gasteiger partial charge in [-0.25, -0.2) is 9.18 Å². The number of nitrogens with one attached hydrogen (secondary N) is 2. The van der Waals surface area contributed by atoms with Gasteiger partial charge in [0.15, 0.2) is 12.1 Å². The average Bonchev–Trinajstić information content (AvgIpc) is 3.48. The molecule has 3 aromatic rings. The molecule has 1 aliphatic heterocycles. The molecule has 3 amide bonds. The summed E-state index contributed by atoms with van der Waals surface area (Å²) in [6.07, 6.45) is -1.52. The van der Waals surface area contributed by atoms with Gasteiger partial charge in [0.2, 0.25) is 5.91 Å². The molecule has 4 rings (SSSR count). The van der Waals surface area contributed by atoms with Crippen molar-refractivity contribution in [2.45, 2.75) is 32.5 Å². The fourth-order valence-electron chi connectivity index (χ4n) is 3.80. The summed E-state index contributed by atoms with van der Waals surface area (Å²) in [6, 6.07) is 15.3. The van der Waals surface area contributed by atoms with Gasteiger partial charge >= 0.3 is 6.09 Å². The minimum absolute atomic E-state index is 0.0875. The highest BCUT2D eigenvalue weighted by molar-refractivity contribution is 7.12. The van der Waals surface area contributed by atoms with Gasteiger partial charge in [-0.3, -0.25) is 14.5 Å². The summed E-state index contributed by atoms with van der Waals surface area (Å²) in [5, 5.41) is 7.55. The van der Waals surface area contributed by atoms with E-state index in [2.05, 4.69) is 10.6 Å². The third-order valence-electron chi connectivity index (χ3n) is 5.52. The van der Waals surface area contributed by atoms with Crippen LogP contribution in [0.4, 0.5) is 14.9 Å². The lowest BCUT2D eigenvalue weighted by Gasteiger charge is -2.25. The number of halogens is 1. The maximum absolute atomic E-state index is 13.4. The molecule has 2 atom stereocenters. The van der Waals surface area contributed by atoms with E-state index in [0.29, 0.717) is 28.2 Å². The lowest BCUT2D eigenvalue weighted by atomic mass is 10.00. The van der Waals surface area contributed by atoms with Crippen LogP contribution in [-0.4, -0.2) is 35.4 Å². The minimum atomic E-state index is -0.936. The topological polar surface area (TPSA) is 87.7 Å². The number of thiophene rings is 1. The molecule has 1 aliphatic rings. The zero-order chi connectivity index (χ0) is 24.9. The summed E-state index contributed by atoms with van der Waals surface area (Å²) in [4.78, 5) is 40.5. The van der Waals surface area contributed by atoms with Crippen LogP contribution >= 0.6 is 11.3 Å². The molecule has 2 aromatic carbocycles. The number of anilines is 1. The molecule has 2 N–H and O–H groups in total. The Kier molecular flexibility index (Phi) is 7.45. The highest BCUT2D eigenvalue weighted by Gasteiger charge is 2.47. The SMILES string of the molecule is CC(C)CNC(=O)C1C(c2cccc(NC(=O)c3cccs3)c2)OC(=O)N1Cc1ccc(F)cc1. The maximum Gasteiger partial charge on any atom is 0.411 e. The van der Waals surface area contributed by atoms with Crippen molar-refractivity contribution in [1.29, 1.82) is 0 Å². The molecule has 0 spiro atoms. The number of benzene rings is 2. The Morgan fingerprint density at radius 2 is 1.89 bits per heavy atom. The predicted molar refractivity (Wildman–Crippen MR) is 132 cm³/mol. The first-order valence-corrected chi connectivity index (χ1v) is 12.1. The van der Waals surface area contributed by atoms with Crippen LogP contribution in [0.5, 0.6) is 0 Å². The fourth-order valence-corrected chi connectivity index (χ4v) is 4.42. The Morgan fingerprint density at radius 1 is 1.11 bits per heavy atom. The van der Waals surface area contributed by atoms with Gasteiger partial charge in [-0.1, -0.05) is 44.2 Å². The van der Waals surface area contributed by atoms with E-state index in [1.165, 1.54) is 28.4 Å². The molecule has 0 bridgehead atoms. The number of nitrogens with zero attached hydrogens (tertiary/aromatic N) is 1. The van der Waals surface area contributed by atoms with E-state index >= 15 is 0 Å². The van der Waals surface area contributed by atoms with Crippen LogP contribution in [0.25, 0.3) is 0 Å². The number of cyclic esters (lactones) is 1. The number of amides is 3. The van der Waals surface area contributed by atoms with Crippen molar-refractivity contribution >= 4 is 34.9 Å². The van der Waals surface area contributed by atoms with Crippen LogP contribution < -0.4 is 10.6 Å². The highest BCUT2D eigenvalue weighted by atomic mass is 32.1. The smallest absolute Gasteiger partial charge is 0.411 e. The number of carbonyl (C=O) groups is 3. The summed E-state index contributed by atoms with van der Waals surface area (Å²) >= 11 is 1.33. The van der Waals surface area contributed by atoms with Gasteiger partial charge in [0.05, 0.1) is 11.4 Å². The molecule has 7 nitrogen and oxygen atoms in total. The van der Waals surface area contributed by atoms with E-state index in [4.69, 9.17) is 4.74 Å². The normalized spacial score (nSPS) is 17.4. The number of rotatable bonds is 8. The number of hydrogen-bond donors (Lipinski definition) is 2. The first-order valence-electron chi connectivity index (χ1n) is 11.3. The number of hydrogen-bond acceptors (Lipinski definition) is 5. The molecular weight excluding hydrogens is 469 g/mol. The summed E-state index contributed by atoms with van der Waals surface area (Å²) in [5.41, 5.74) is 1.77. The first-order chi connectivity index (χ1) is 16.8. The maximum atomic E-state index is 13.4. The summed E-state index contributed by atoms with van der Waals surface area (Å²) in [7, 11) is 0. The second kappa shape index (κ2) is 10.7. The van der Waals surface area contributed by atoms with E-state index in [-0.39, 0.29) is 30.1 Å². The van der Waals surface area contributed by atoms with Gasteiger partial charge in [-0.2, -0.15) is 0 Å². The third-order valence-corrected chi connectivity index (χ3v) is 6.39. The van der Waals surface area contributed by atoms with Crippen LogP contribution in [0.3, 0.4) is 0 Å². The van der Waals surface area contributed by atoms with Gasteiger partial charge < -0.3 is 15.4 Å². The Labute approximate surface area is 206 Å².